The second kappa shape index (κ2) is 7.65. The Morgan fingerprint density at radius 2 is 1.81 bits per heavy atom. The molecule has 0 aromatic heterocycles. The third-order valence-corrected chi connectivity index (χ3v) is 4.78. The fraction of sp³-hybridized carbons (Fsp3) is 0.188. The van der Waals surface area contributed by atoms with Crippen LogP contribution >= 0.6 is 0 Å². The Morgan fingerprint density at radius 1 is 1.12 bits per heavy atom. The van der Waals surface area contributed by atoms with Gasteiger partial charge in [0, 0.05) is 5.69 Å². The van der Waals surface area contributed by atoms with Crippen LogP contribution in [0.4, 0.5) is 29.3 Å². The fourth-order valence-electron chi connectivity index (χ4n) is 2.07. The summed E-state index contributed by atoms with van der Waals surface area (Å²) in [6.07, 6.45) is 0. The average molecular weight is 388 g/mol. The highest BCUT2D eigenvalue weighted by Crippen LogP contribution is 2.30. The molecule has 0 bridgehead atoms. The fourth-order valence-corrected chi connectivity index (χ4v) is 2.82. The second-order valence-corrected chi connectivity index (χ2v) is 7.13. The molecule has 2 aromatic rings. The number of hydrogen-bond donors (Lipinski definition) is 2. The minimum absolute atomic E-state index is 0.0728. The molecule has 0 aliphatic carbocycles. The number of rotatable bonds is 5. The van der Waals surface area contributed by atoms with Crippen LogP contribution < -0.4 is 15.4 Å². The van der Waals surface area contributed by atoms with E-state index in [9.17, 15) is 26.4 Å². The summed E-state index contributed by atoms with van der Waals surface area (Å²) in [6, 6.07) is 6.07. The van der Waals surface area contributed by atoms with E-state index in [-0.39, 0.29) is 17.1 Å². The summed E-state index contributed by atoms with van der Waals surface area (Å²) in [5, 5.41) is 4.74. The molecule has 0 radical (unpaired) electrons. The highest BCUT2D eigenvalue weighted by atomic mass is 32.2. The summed E-state index contributed by atoms with van der Waals surface area (Å²) in [6.45, 7) is 1.51. The predicted molar refractivity (Wildman–Crippen MR) is 90.0 cm³/mol. The number of alkyl halides is 2. The van der Waals surface area contributed by atoms with Crippen LogP contribution in [0.25, 0.3) is 0 Å². The van der Waals surface area contributed by atoms with Gasteiger partial charge in [-0.05, 0) is 48.9 Å². The Kier molecular flexibility index (Phi) is 5.76. The molecule has 0 saturated carbocycles. The van der Waals surface area contributed by atoms with E-state index in [4.69, 9.17) is 4.74 Å². The molecule has 0 aliphatic rings. The summed E-state index contributed by atoms with van der Waals surface area (Å²) < 4.78 is 66.7. The molecule has 0 heterocycles. The van der Waals surface area contributed by atoms with Crippen LogP contribution in [-0.2, 0) is 9.84 Å². The third-order valence-electron chi connectivity index (χ3n) is 3.40. The van der Waals surface area contributed by atoms with Gasteiger partial charge >= 0.3 is 11.8 Å². The van der Waals surface area contributed by atoms with Crippen LogP contribution in [0.2, 0.25) is 0 Å². The van der Waals surface area contributed by atoms with Crippen molar-refractivity contribution < 1.29 is 31.1 Å². The lowest BCUT2D eigenvalue weighted by molar-refractivity contribution is 0.234. The number of anilines is 2. The van der Waals surface area contributed by atoms with Crippen molar-refractivity contribution >= 4 is 27.2 Å². The highest BCUT2D eigenvalue weighted by molar-refractivity contribution is 7.91. The van der Waals surface area contributed by atoms with Crippen LogP contribution in [-0.4, -0.2) is 27.3 Å². The number of carbonyl (C=O) groups excluding carboxylic acids is 1. The lowest BCUT2D eigenvalue weighted by atomic mass is 10.2. The lowest BCUT2D eigenvalue weighted by Crippen LogP contribution is -2.20. The van der Waals surface area contributed by atoms with Gasteiger partial charge in [0.1, 0.15) is 11.6 Å². The summed E-state index contributed by atoms with van der Waals surface area (Å²) in [4.78, 5) is 11.4. The topological polar surface area (TPSA) is 84.5 Å². The number of halogens is 3. The van der Waals surface area contributed by atoms with Crippen molar-refractivity contribution in [2.45, 2.75) is 17.6 Å². The van der Waals surface area contributed by atoms with Gasteiger partial charge in [-0.3, -0.25) is 0 Å². The number of urea groups is 1. The van der Waals surface area contributed by atoms with Crippen LogP contribution in [0.1, 0.15) is 5.56 Å². The number of amides is 2. The van der Waals surface area contributed by atoms with Gasteiger partial charge in [-0.1, -0.05) is 0 Å². The van der Waals surface area contributed by atoms with E-state index >= 15 is 0 Å². The van der Waals surface area contributed by atoms with Crippen molar-refractivity contribution in [3.8, 4) is 5.75 Å². The summed E-state index contributed by atoms with van der Waals surface area (Å²) in [5.41, 5.74) is 0.479. The summed E-state index contributed by atoms with van der Waals surface area (Å²) in [7, 11) is -3.56. The standard InChI is InChI=1S/C16H15F3N2O4S/c1-9-7-10(3-5-12(9)17)20-16(22)21-13-8-11(4-6-14(13)25-2)26(23,24)15(18)19/h3-8,15H,1-2H3,(H2,20,21,22). The van der Waals surface area contributed by atoms with E-state index in [0.717, 1.165) is 18.2 Å². The Labute approximate surface area is 147 Å². The molecule has 0 spiro atoms. The number of aryl methyl sites for hydroxylation is 1. The molecule has 2 rings (SSSR count). The summed E-state index contributed by atoms with van der Waals surface area (Å²) >= 11 is 0. The zero-order valence-corrected chi connectivity index (χ0v) is 14.5. The number of ether oxygens (including phenoxy) is 1. The number of hydrogen-bond acceptors (Lipinski definition) is 4. The molecule has 0 aliphatic heterocycles. The Bertz CT molecular complexity index is 933. The first kappa shape index (κ1) is 19.6. The quantitative estimate of drug-likeness (QED) is 0.816. The molecule has 26 heavy (non-hydrogen) atoms. The molecule has 0 atom stereocenters. The Balaban J connectivity index is 2.26. The zero-order valence-electron chi connectivity index (χ0n) is 13.7. The van der Waals surface area contributed by atoms with Gasteiger partial charge in [0.25, 0.3) is 0 Å². The average Bonchev–Trinajstić information content (AvgIpc) is 2.57. The van der Waals surface area contributed by atoms with E-state index in [1.54, 1.807) is 0 Å². The molecule has 140 valence electrons. The zero-order chi connectivity index (χ0) is 19.5. The van der Waals surface area contributed by atoms with Gasteiger partial charge in [0.05, 0.1) is 17.7 Å². The van der Waals surface area contributed by atoms with E-state index in [2.05, 4.69) is 10.6 Å². The Hall–Kier alpha value is -2.75. The van der Waals surface area contributed by atoms with E-state index in [0.29, 0.717) is 5.56 Å². The van der Waals surface area contributed by atoms with Gasteiger partial charge in [0.2, 0.25) is 9.84 Å². The minimum atomic E-state index is -4.83. The Morgan fingerprint density at radius 3 is 2.38 bits per heavy atom. The monoisotopic (exact) mass is 388 g/mol. The SMILES string of the molecule is COc1ccc(S(=O)(=O)C(F)F)cc1NC(=O)Nc1ccc(F)c(C)c1. The van der Waals surface area contributed by atoms with Gasteiger partial charge < -0.3 is 15.4 Å². The first-order chi connectivity index (χ1) is 12.1. The first-order valence-corrected chi connectivity index (χ1v) is 8.74. The smallest absolute Gasteiger partial charge is 0.341 e. The summed E-state index contributed by atoms with van der Waals surface area (Å²) in [5.74, 6) is -3.97. The maximum absolute atomic E-state index is 13.2. The number of carbonyl (C=O) groups is 1. The molecular formula is C16H15F3N2O4S. The number of benzene rings is 2. The van der Waals surface area contributed by atoms with Crippen LogP contribution in [0.5, 0.6) is 5.75 Å². The van der Waals surface area contributed by atoms with Crippen molar-refractivity contribution in [3.05, 3.63) is 47.8 Å². The van der Waals surface area contributed by atoms with Crippen molar-refractivity contribution in [1.82, 2.24) is 0 Å². The molecule has 6 nitrogen and oxygen atoms in total. The van der Waals surface area contributed by atoms with Crippen molar-refractivity contribution in [2.75, 3.05) is 17.7 Å². The van der Waals surface area contributed by atoms with Crippen LogP contribution in [0, 0.1) is 12.7 Å². The van der Waals surface area contributed by atoms with Gasteiger partial charge in [-0.15, -0.1) is 0 Å². The predicted octanol–water partition coefficient (Wildman–Crippen LogP) is 3.78. The van der Waals surface area contributed by atoms with E-state index in [1.807, 2.05) is 0 Å². The molecule has 0 unspecified atom stereocenters. The largest absolute Gasteiger partial charge is 0.495 e. The molecule has 0 saturated heterocycles. The minimum Gasteiger partial charge on any atom is -0.495 e. The normalized spacial score (nSPS) is 11.3. The van der Waals surface area contributed by atoms with Gasteiger partial charge in [-0.2, -0.15) is 8.78 Å². The molecule has 2 N–H and O–H groups in total. The van der Waals surface area contributed by atoms with Crippen molar-refractivity contribution in [3.63, 3.8) is 0 Å². The maximum atomic E-state index is 13.2. The molecule has 10 heteroatoms. The van der Waals surface area contributed by atoms with Gasteiger partial charge in [0.15, 0.2) is 0 Å². The molecule has 0 fully saturated rings. The second-order valence-electron chi connectivity index (χ2n) is 5.21. The molecular weight excluding hydrogens is 373 g/mol. The maximum Gasteiger partial charge on any atom is 0.341 e. The number of nitrogens with one attached hydrogen (secondary N) is 2. The third kappa shape index (κ3) is 4.26. The van der Waals surface area contributed by atoms with Crippen molar-refractivity contribution in [2.24, 2.45) is 0 Å². The van der Waals surface area contributed by atoms with E-state index in [1.165, 1.54) is 32.2 Å². The van der Waals surface area contributed by atoms with Crippen molar-refractivity contribution in [1.29, 1.82) is 0 Å². The van der Waals surface area contributed by atoms with Gasteiger partial charge in [-0.25, -0.2) is 17.6 Å². The van der Waals surface area contributed by atoms with Crippen LogP contribution in [0.15, 0.2) is 41.3 Å². The van der Waals surface area contributed by atoms with E-state index < -0.39 is 32.3 Å². The highest BCUT2D eigenvalue weighted by Gasteiger charge is 2.27. The molecule has 2 amide bonds. The number of methoxy groups -OCH3 is 1. The lowest BCUT2D eigenvalue weighted by Gasteiger charge is -2.13. The molecule has 2 aromatic carbocycles. The van der Waals surface area contributed by atoms with Crippen LogP contribution in [0.3, 0.4) is 0 Å². The number of sulfone groups is 1. The first-order valence-electron chi connectivity index (χ1n) is 7.19.